The zero-order valence-electron chi connectivity index (χ0n) is 10.8. The Morgan fingerprint density at radius 3 is 2.81 bits per heavy atom. The van der Waals surface area contributed by atoms with Crippen LogP contribution in [-0.4, -0.2) is 15.0 Å². The molecular formula is C15H10ClN3OS. The van der Waals surface area contributed by atoms with Gasteiger partial charge in [-0.05, 0) is 30.3 Å². The molecule has 0 unspecified atom stereocenters. The van der Waals surface area contributed by atoms with Crippen LogP contribution < -0.4 is 10.5 Å². The fraction of sp³-hybridized carbons (Fsp3) is 0. The fourth-order valence-corrected chi connectivity index (χ4v) is 2.25. The second-order valence-corrected chi connectivity index (χ2v) is 5.12. The number of aromatic nitrogens is 2. The standard InChI is InChI=1S/C15H10ClN3OS/c16-10-6-7-12(14-9(10)3-2-8-18-14)20-13-5-1-4-11(19-13)15(17)21/h1-8H,(H2,17,21). The highest BCUT2D eigenvalue weighted by Gasteiger charge is 2.09. The van der Waals surface area contributed by atoms with Gasteiger partial charge in [-0.2, -0.15) is 0 Å². The average molecular weight is 316 g/mol. The minimum absolute atomic E-state index is 0.222. The molecule has 0 amide bonds. The van der Waals surface area contributed by atoms with Crippen molar-refractivity contribution in [1.82, 2.24) is 9.97 Å². The number of nitrogens with zero attached hydrogens (tertiary/aromatic N) is 2. The van der Waals surface area contributed by atoms with Crippen molar-refractivity contribution in [2.45, 2.75) is 0 Å². The third-order valence-corrected chi connectivity index (χ3v) is 3.41. The Balaban J connectivity index is 2.04. The third-order valence-electron chi connectivity index (χ3n) is 2.87. The van der Waals surface area contributed by atoms with Gasteiger partial charge in [-0.25, -0.2) is 4.98 Å². The SMILES string of the molecule is NC(=S)c1cccc(Oc2ccc(Cl)c3cccnc23)n1. The maximum atomic E-state index is 6.15. The van der Waals surface area contributed by atoms with Crippen LogP contribution in [0.2, 0.25) is 5.02 Å². The minimum Gasteiger partial charge on any atom is -0.437 e. The number of hydrogen-bond donors (Lipinski definition) is 1. The molecule has 0 saturated carbocycles. The fourth-order valence-electron chi connectivity index (χ4n) is 1.92. The van der Waals surface area contributed by atoms with Gasteiger partial charge in [-0.3, -0.25) is 4.98 Å². The van der Waals surface area contributed by atoms with Gasteiger partial charge in [0.1, 0.15) is 16.2 Å². The van der Waals surface area contributed by atoms with Crippen molar-refractivity contribution in [3.05, 3.63) is 59.4 Å². The normalized spacial score (nSPS) is 10.5. The molecule has 21 heavy (non-hydrogen) atoms. The quantitative estimate of drug-likeness (QED) is 0.747. The smallest absolute Gasteiger partial charge is 0.219 e. The van der Waals surface area contributed by atoms with Crippen LogP contribution in [0, 0.1) is 0 Å². The molecule has 6 heteroatoms. The number of rotatable bonds is 3. The molecule has 2 heterocycles. The van der Waals surface area contributed by atoms with Gasteiger partial charge in [0.2, 0.25) is 5.88 Å². The molecule has 0 aliphatic rings. The van der Waals surface area contributed by atoms with E-state index in [-0.39, 0.29) is 4.99 Å². The van der Waals surface area contributed by atoms with Gasteiger partial charge in [0.05, 0.1) is 5.02 Å². The van der Waals surface area contributed by atoms with E-state index in [0.29, 0.717) is 27.9 Å². The number of ether oxygens (including phenoxy) is 1. The van der Waals surface area contributed by atoms with Crippen molar-refractivity contribution in [2.75, 3.05) is 0 Å². The van der Waals surface area contributed by atoms with Gasteiger partial charge < -0.3 is 10.5 Å². The second-order valence-electron chi connectivity index (χ2n) is 4.27. The van der Waals surface area contributed by atoms with Crippen LogP contribution >= 0.6 is 23.8 Å². The molecule has 0 radical (unpaired) electrons. The molecule has 1 aromatic carbocycles. The predicted molar refractivity (Wildman–Crippen MR) is 87.0 cm³/mol. The lowest BCUT2D eigenvalue weighted by molar-refractivity contribution is 0.467. The van der Waals surface area contributed by atoms with Crippen molar-refractivity contribution in [2.24, 2.45) is 5.73 Å². The van der Waals surface area contributed by atoms with Gasteiger partial charge in [-0.1, -0.05) is 29.9 Å². The van der Waals surface area contributed by atoms with E-state index in [1.54, 1.807) is 36.5 Å². The summed E-state index contributed by atoms with van der Waals surface area (Å²) >= 11 is 11.1. The molecule has 2 N–H and O–H groups in total. The van der Waals surface area contributed by atoms with Crippen LogP contribution in [0.4, 0.5) is 0 Å². The topological polar surface area (TPSA) is 61.0 Å². The number of thiocarbonyl (C=S) groups is 1. The summed E-state index contributed by atoms with van der Waals surface area (Å²) in [4.78, 5) is 8.78. The maximum absolute atomic E-state index is 6.15. The maximum Gasteiger partial charge on any atom is 0.219 e. The number of halogens is 1. The molecule has 0 spiro atoms. The highest BCUT2D eigenvalue weighted by atomic mass is 35.5. The summed E-state index contributed by atoms with van der Waals surface area (Å²) in [6.45, 7) is 0. The predicted octanol–water partition coefficient (Wildman–Crippen LogP) is 3.71. The van der Waals surface area contributed by atoms with E-state index in [0.717, 1.165) is 5.39 Å². The first-order valence-electron chi connectivity index (χ1n) is 6.13. The van der Waals surface area contributed by atoms with E-state index in [1.165, 1.54) is 0 Å². The van der Waals surface area contributed by atoms with Crippen molar-refractivity contribution in [1.29, 1.82) is 0 Å². The first-order valence-corrected chi connectivity index (χ1v) is 6.92. The molecular weight excluding hydrogens is 306 g/mol. The molecule has 2 aromatic heterocycles. The summed E-state index contributed by atoms with van der Waals surface area (Å²) in [5, 5.41) is 1.44. The number of nitrogens with two attached hydrogens (primary N) is 1. The van der Waals surface area contributed by atoms with Gasteiger partial charge >= 0.3 is 0 Å². The van der Waals surface area contributed by atoms with Crippen LogP contribution in [0.1, 0.15) is 5.69 Å². The Labute approximate surface area is 131 Å². The molecule has 0 saturated heterocycles. The lowest BCUT2D eigenvalue weighted by atomic mass is 10.2. The highest BCUT2D eigenvalue weighted by molar-refractivity contribution is 7.80. The zero-order valence-corrected chi connectivity index (χ0v) is 12.4. The summed E-state index contributed by atoms with van der Waals surface area (Å²) in [7, 11) is 0. The van der Waals surface area contributed by atoms with E-state index in [1.807, 2.05) is 12.1 Å². The van der Waals surface area contributed by atoms with Crippen molar-refractivity contribution in [3.63, 3.8) is 0 Å². The van der Waals surface area contributed by atoms with E-state index in [2.05, 4.69) is 9.97 Å². The monoisotopic (exact) mass is 315 g/mol. The number of hydrogen-bond acceptors (Lipinski definition) is 4. The number of fused-ring (bicyclic) bond motifs is 1. The first kappa shape index (κ1) is 13.7. The van der Waals surface area contributed by atoms with Gasteiger partial charge in [0.25, 0.3) is 0 Å². The lowest BCUT2D eigenvalue weighted by Crippen LogP contribution is -2.11. The Bertz CT molecular complexity index is 838. The van der Waals surface area contributed by atoms with Crippen molar-refractivity contribution < 1.29 is 4.74 Å². The lowest BCUT2D eigenvalue weighted by Gasteiger charge is -2.09. The number of benzene rings is 1. The number of pyridine rings is 2. The van der Waals surface area contributed by atoms with Crippen LogP contribution in [0.25, 0.3) is 10.9 Å². The van der Waals surface area contributed by atoms with Crippen molar-refractivity contribution >= 4 is 39.7 Å². The molecule has 0 bridgehead atoms. The molecule has 104 valence electrons. The average Bonchev–Trinajstić information content (AvgIpc) is 2.51. The van der Waals surface area contributed by atoms with E-state index in [4.69, 9.17) is 34.3 Å². The molecule has 3 aromatic rings. The molecule has 3 rings (SSSR count). The van der Waals surface area contributed by atoms with Crippen LogP contribution in [0.5, 0.6) is 11.6 Å². The van der Waals surface area contributed by atoms with Crippen LogP contribution in [0.15, 0.2) is 48.7 Å². The molecule has 4 nitrogen and oxygen atoms in total. The Kier molecular flexibility index (Phi) is 3.68. The molecule has 0 atom stereocenters. The van der Waals surface area contributed by atoms with Gasteiger partial charge in [0, 0.05) is 17.6 Å². The zero-order chi connectivity index (χ0) is 14.8. The Hall–Kier alpha value is -2.24. The summed E-state index contributed by atoms with van der Waals surface area (Å²) in [6.07, 6.45) is 1.68. The summed E-state index contributed by atoms with van der Waals surface area (Å²) in [5.41, 5.74) is 6.75. The van der Waals surface area contributed by atoms with Crippen LogP contribution in [0.3, 0.4) is 0 Å². The van der Waals surface area contributed by atoms with Crippen LogP contribution in [-0.2, 0) is 0 Å². The van der Waals surface area contributed by atoms with Gasteiger partial charge in [0.15, 0.2) is 5.75 Å². The minimum atomic E-state index is 0.222. The van der Waals surface area contributed by atoms with Gasteiger partial charge in [-0.15, -0.1) is 0 Å². The summed E-state index contributed by atoms with van der Waals surface area (Å²) in [6, 6.07) is 12.5. The highest BCUT2D eigenvalue weighted by Crippen LogP contribution is 2.32. The summed E-state index contributed by atoms with van der Waals surface area (Å²) < 4.78 is 5.79. The third kappa shape index (κ3) is 2.79. The molecule has 0 aliphatic carbocycles. The second kappa shape index (κ2) is 5.63. The van der Waals surface area contributed by atoms with E-state index >= 15 is 0 Å². The summed E-state index contributed by atoms with van der Waals surface area (Å²) in [5.74, 6) is 0.970. The largest absolute Gasteiger partial charge is 0.437 e. The Morgan fingerprint density at radius 1 is 1.14 bits per heavy atom. The van der Waals surface area contributed by atoms with E-state index in [9.17, 15) is 0 Å². The Morgan fingerprint density at radius 2 is 2.00 bits per heavy atom. The van der Waals surface area contributed by atoms with E-state index < -0.39 is 0 Å². The first-order chi connectivity index (χ1) is 10.1. The van der Waals surface area contributed by atoms with Crippen molar-refractivity contribution in [3.8, 4) is 11.6 Å². The molecule has 0 fully saturated rings. The molecule has 0 aliphatic heterocycles.